The van der Waals surface area contributed by atoms with Crippen LogP contribution in [0.1, 0.15) is 31.4 Å². The van der Waals surface area contributed by atoms with Gasteiger partial charge in [0.05, 0.1) is 6.04 Å². The van der Waals surface area contributed by atoms with Gasteiger partial charge >= 0.3 is 0 Å². The van der Waals surface area contributed by atoms with Crippen molar-refractivity contribution in [3.8, 4) is 0 Å². The lowest BCUT2D eigenvalue weighted by atomic mass is 9.87. The van der Waals surface area contributed by atoms with Crippen LogP contribution in [0.15, 0.2) is 36.7 Å². The normalized spacial score (nSPS) is 18.1. The van der Waals surface area contributed by atoms with Crippen molar-refractivity contribution in [3.63, 3.8) is 0 Å². The number of nitrogens with one attached hydrogen (secondary N) is 2. The standard InChI is InChI=1S/C17H20ClFN4O/c1-12(14-4-3-13(19)11-15(14)18)22-16(24)17(5-8-20-9-6-17)23-10-2-7-21-23/h2-4,7,10-12,20H,5-6,8-9H2,1H3,(H,22,24). The fourth-order valence-electron chi connectivity index (χ4n) is 3.18. The van der Waals surface area contributed by atoms with Crippen LogP contribution in [-0.2, 0) is 10.3 Å². The van der Waals surface area contributed by atoms with Crippen LogP contribution in [-0.4, -0.2) is 28.8 Å². The van der Waals surface area contributed by atoms with Gasteiger partial charge < -0.3 is 10.6 Å². The van der Waals surface area contributed by atoms with Crippen molar-refractivity contribution in [2.24, 2.45) is 0 Å². The average molecular weight is 351 g/mol. The number of rotatable bonds is 4. The van der Waals surface area contributed by atoms with Gasteiger partial charge in [0.25, 0.3) is 0 Å². The van der Waals surface area contributed by atoms with Crippen LogP contribution in [0.25, 0.3) is 0 Å². The molecule has 7 heteroatoms. The second kappa shape index (κ2) is 6.91. The highest BCUT2D eigenvalue weighted by molar-refractivity contribution is 6.31. The maximum Gasteiger partial charge on any atom is 0.248 e. The van der Waals surface area contributed by atoms with Crippen molar-refractivity contribution in [3.05, 3.63) is 53.1 Å². The lowest BCUT2D eigenvalue weighted by Gasteiger charge is -2.37. The molecule has 0 spiro atoms. The molecule has 1 saturated heterocycles. The van der Waals surface area contributed by atoms with Crippen LogP contribution in [0.3, 0.4) is 0 Å². The van der Waals surface area contributed by atoms with Crippen molar-refractivity contribution < 1.29 is 9.18 Å². The topological polar surface area (TPSA) is 59.0 Å². The van der Waals surface area contributed by atoms with E-state index in [1.54, 1.807) is 16.9 Å². The van der Waals surface area contributed by atoms with Gasteiger partial charge in [0, 0.05) is 17.4 Å². The lowest BCUT2D eigenvalue weighted by Crippen LogP contribution is -2.55. The SMILES string of the molecule is CC(NC(=O)C1(n2cccn2)CCNCC1)c1ccc(F)cc1Cl. The molecule has 5 nitrogen and oxygen atoms in total. The Morgan fingerprint density at radius 1 is 1.46 bits per heavy atom. The van der Waals surface area contributed by atoms with Crippen LogP contribution < -0.4 is 10.6 Å². The van der Waals surface area contributed by atoms with Crippen LogP contribution in [0.2, 0.25) is 5.02 Å². The van der Waals surface area contributed by atoms with Crippen molar-refractivity contribution in [2.45, 2.75) is 31.3 Å². The molecule has 1 amide bonds. The highest BCUT2D eigenvalue weighted by atomic mass is 35.5. The third-order valence-electron chi connectivity index (χ3n) is 4.57. The average Bonchev–Trinajstić information content (AvgIpc) is 3.10. The molecule has 1 aromatic carbocycles. The molecule has 1 fully saturated rings. The van der Waals surface area contributed by atoms with E-state index >= 15 is 0 Å². The minimum absolute atomic E-state index is 0.0967. The molecule has 1 unspecified atom stereocenters. The largest absolute Gasteiger partial charge is 0.347 e. The zero-order valence-electron chi connectivity index (χ0n) is 13.4. The molecule has 3 rings (SSSR count). The Morgan fingerprint density at radius 2 is 2.21 bits per heavy atom. The summed E-state index contributed by atoms with van der Waals surface area (Å²) in [5.74, 6) is -0.491. The van der Waals surface area contributed by atoms with Gasteiger partial charge in [-0.15, -0.1) is 0 Å². The summed E-state index contributed by atoms with van der Waals surface area (Å²) in [6.07, 6.45) is 4.81. The molecule has 1 atom stereocenters. The van der Waals surface area contributed by atoms with E-state index in [2.05, 4.69) is 15.7 Å². The van der Waals surface area contributed by atoms with E-state index < -0.39 is 11.4 Å². The Bertz CT molecular complexity index is 713. The highest BCUT2D eigenvalue weighted by Crippen LogP contribution is 2.29. The maximum atomic E-state index is 13.2. The summed E-state index contributed by atoms with van der Waals surface area (Å²) >= 11 is 6.11. The third kappa shape index (κ3) is 3.16. The Labute approximate surface area is 145 Å². The molecular weight excluding hydrogens is 331 g/mol. The van der Waals surface area contributed by atoms with E-state index in [-0.39, 0.29) is 11.9 Å². The van der Waals surface area contributed by atoms with Gasteiger partial charge in [-0.2, -0.15) is 5.10 Å². The fraction of sp³-hybridized carbons (Fsp3) is 0.412. The van der Waals surface area contributed by atoms with Crippen molar-refractivity contribution in [2.75, 3.05) is 13.1 Å². The third-order valence-corrected chi connectivity index (χ3v) is 4.90. The van der Waals surface area contributed by atoms with Crippen molar-refractivity contribution in [1.29, 1.82) is 0 Å². The number of carbonyl (C=O) groups is 1. The smallest absolute Gasteiger partial charge is 0.248 e. The Kier molecular flexibility index (Phi) is 4.87. The molecule has 0 aliphatic carbocycles. The lowest BCUT2D eigenvalue weighted by molar-refractivity contribution is -0.132. The van der Waals surface area contributed by atoms with Crippen molar-refractivity contribution in [1.82, 2.24) is 20.4 Å². The molecular formula is C17H20ClFN4O. The second-order valence-electron chi connectivity index (χ2n) is 6.09. The summed E-state index contributed by atoms with van der Waals surface area (Å²) in [6, 6.07) is 5.70. The molecule has 2 aromatic rings. The number of piperidine rings is 1. The van der Waals surface area contributed by atoms with E-state index in [0.717, 1.165) is 13.1 Å². The second-order valence-corrected chi connectivity index (χ2v) is 6.50. The van der Waals surface area contributed by atoms with Gasteiger partial charge in [-0.25, -0.2) is 4.39 Å². The van der Waals surface area contributed by atoms with E-state index in [4.69, 9.17) is 11.6 Å². The van der Waals surface area contributed by atoms with Crippen LogP contribution in [0.5, 0.6) is 0 Å². The number of carbonyl (C=O) groups excluding carboxylic acids is 1. The summed E-state index contributed by atoms with van der Waals surface area (Å²) in [5, 5.41) is 10.9. The summed E-state index contributed by atoms with van der Waals surface area (Å²) < 4.78 is 15.0. The number of amides is 1. The summed E-state index contributed by atoms with van der Waals surface area (Å²) in [7, 11) is 0. The maximum absolute atomic E-state index is 13.2. The highest BCUT2D eigenvalue weighted by Gasteiger charge is 2.42. The molecule has 0 radical (unpaired) electrons. The monoisotopic (exact) mass is 350 g/mol. The zero-order chi connectivity index (χ0) is 17.2. The van der Waals surface area contributed by atoms with E-state index in [9.17, 15) is 9.18 Å². The van der Waals surface area contributed by atoms with Crippen LogP contribution in [0.4, 0.5) is 4.39 Å². The minimum atomic E-state index is -0.713. The first-order valence-electron chi connectivity index (χ1n) is 8.00. The number of hydrogen-bond donors (Lipinski definition) is 2. The van der Waals surface area contributed by atoms with Crippen LogP contribution >= 0.6 is 11.6 Å². The van der Waals surface area contributed by atoms with E-state index in [1.165, 1.54) is 12.1 Å². The summed E-state index contributed by atoms with van der Waals surface area (Å²) in [4.78, 5) is 13.1. The first-order valence-corrected chi connectivity index (χ1v) is 8.37. The molecule has 1 aliphatic heterocycles. The quantitative estimate of drug-likeness (QED) is 0.891. The Hall–Kier alpha value is -1.92. The first kappa shape index (κ1) is 16.9. The van der Waals surface area contributed by atoms with E-state index in [1.807, 2.05) is 19.2 Å². The van der Waals surface area contributed by atoms with Gasteiger partial charge in [0.1, 0.15) is 11.4 Å². The molecule has 1 aliphatic rings. The molecule has 2 heterocycles. The summed E-state index contributed by atoms with van der Waals surface area (Å²) in [5.41, 5.74) is -0.0221. The molecule has 24 heavy (non-hydrogen) atoms. The summed E-state index contributed by atoms with van der Waals surface area (Å²) in [6.45, 7) is 3.34. The van der Waals surface area contributed by atoms with E-state index in [0.29, 0.717) is 23.4 Å². The van der Waals surface area contributed by atoms with Crippen molar-refractivity contribution >= 4 is 17.5 Å². The number of benzene rings is 1. The van der Waals surface area contributed by atoms with Crippen LogP contribution in [0, 0.1) is 5.82 Å². The predicted molar refractivity (Wildman–Crippen MR) is 90.3 cm³/mol. The number of hydrogen-bond acceptors (Lipinski definition) is 3. The fourth-order valence-corrected chi connectivity index (χ4v) is 3.51. The number of nitrogens with zero attached hydrogens (tertiary/aromatic N) is 2. The molecule has 1 aromatic heterocycles. The van der Waals surface area contributed by atoms with Gasteiger partial charge in [-0.05, 0) is 56.6 Å². The molecule has 2 N–H and O–H groups in total. The van der Waals surface area contributed by atoms with Gasteiger partial charge in [0.2, 0.25) is 5.91 Å². The van der Waals surface area contributed by atoms with Gasteiger partial charge in [-0.3, -0.25) is 9.48 Å². The molecule has 128 valence electrons. The zero-order valence-corrected chi connectivity index (χ0v) is 14.2. The predicted octanol–water partition coefficient (Wildman–Crippen LogP) is 2.63. The minimum Gasteiger partial charge on any atom is -0.347 e. The first-order chi connectivity index (χ1) is 11.5. The Morgan fingerprint density at radius 3 is 2.83 bits per heavy atom. The van der Waals surface area contributed by atoms with Gasteiger partial charge in [-0.1, -0.05) is 17.7 Å². The number of halogens is 2. The molecule has 0 saturated carbocycles. The van der Waals surface area contributed by atoms with Gasteiger partial charge in [0.15, 0.2) is 0 Å². The number of aromatic nitrogens is 2. The Balaban J connectivity index is 1.83. The molecule has 0 bridgehead atoms.